The van der Waals surface area contributed by atoms with E-state index in [0.29, 0.717) is 39.3 Å². The van der Waals surface area contributed by atoms with Crippen molar-refractivity contribution in [2.45, 2.75) is 25.8 Å². The van der Waals surface area contributed by atoms with Crippen LogP contribution >= 0.6 is 0 Å². The van der Waals surface area contributed by atoms with Crippen LogP contribution in [-0.2, 0) is 20.9 Å². The molecule has 0 saturated carbocycles. The molecule has 0 N–H and O–H groups in total. The van der Waals surface area contributed by atoms with Crippen molar-refractivity contribution in [3.8, 4) is 0 Å². The molecule has 1 aromatic heterocycles. The number of aromatic nitrogens is 2. The van der Waals surface area contributed by atoms with Gasteiger partial charge in [0.25, 0.3) is 0 Å². The summed E-state index contributed by atoms with van der Waals surface area (Å²) in [6.07, 6.45) is 0.392. The molecule has 0 aliphatic carbocycles. The Hall–Kier alpha value is -3.19. The Morgan fingerprint density at radius 3 is 2.61 bits per heavy atom. The summed E-state index contributed by atoms with van der Waals surface area (Å²) in [5, 5.41) is 0. The maximum Gasteiger partial charge on any atom is 0.242 e. The van der Waals surface area contributed by atoms with Crippen molar-refractivity contribution < 1.29 is 14.3 Å². The number of morpholine rings is 1. The third kappa shape index (κ3) is 3.81. The molecule has 2 aliphatic heterocycles. The molecule has 3 aromatic rings. The molecule has 2 amide bonds. The Labute approximate surface area is 181 Å². The van der Waals surface area contributed by atoms with Crippen LogP contribution in [0.5, 0.6) is 0 Å². The molecule has 7 heteroatoms. The van der Waals surface area contributed by atoms with Crippen molar-refractivity contribution in [3.05, 3.63) is 59.9 Å². The molecule has 2 aromatic carbocycles. The van der Waals surface area contributed by atoms with E-state index in [-0.39, 0.29) is 24.3 Å². The average molecular weight is 418 g/mol. The fraction of sp³-hybridized carbons (Fsp3) is 0.375. The largest absolute Gasteiger partial charge is 0.378 e. The van der Waals surface area contributed by atoms with Crippen molar-refractivity contribution in [1.82, 2.24) is 14.5 Å². The number of para-hydroxylation sites is 2. The minimum Gasteiger partial charge on any atom is -0.378 e. The van der Waals surface area contributed by atoms with Crippen molar-refractivity contribution in [3.63, 3.8) is 0 Å². The van der Waals surface area contributed by atoms with Crippen LogP contribution in [0.4, 0.5) is 5.69 Å². The Bertz CT molecular complexity index is 1120. The Balaban J connectivity index is 1.45. The molecular weight excluding hydrogens is 392 g/mol. The average Bonchev–Trinajstić information content (AvgIpc) is 3.35. The predicted molar refractivity (Wildman–Crippen MR) is 118 cm³/mol. The molecule has 2 saturated heterocycles. The van der Waals surface area contributed by atoms with Gasteiger partial charge in [-0.25, -0.2) is 4.98 Å². The molecule has 7 nitrogen and oxygen atoms in total. The number of anilines is 1. The van der Waals surface area contributed by atoms with Gasteiger partial charge in [0.15, 0.2) is 0 Å². The van der Waals surface area contributed by atoms with E-state index < -0.39 is 0 Å². The first kappa shape index (κ1) is 19.8. The molecule has 0 unspecified atom stereocenters. The monoisotopic (exact) mass is 418 g/mol. The molecule has 5 rings (SSSR count). The fourth-order valence-electron chi connectivity index (χ4n) is 4.47. The second-order valence-corrected chi connectivity index (χ2v) is 8.28. The van der Waals surface area contributed by atoms with E-state index >= 15 is 0 Å². The summed E-state index contributed by atoms with van der Waals surface area (Å²) in [6, 6.07) is 15.9. The highest BCUT2D eigenvalue weighted by Gasteiger charge is 2.35. The first-order valence-electron chi connectivity index (χ1n) is 10.8. The zero-order chi connectivity index (χ0) is 21.4. The number of hydrogen-bond acceptors (Lipinski definition) is 4. The number of carbonyl (C=O) groups excluding carboxylic acids is 2. The van der Waals surface area contributed by atoms with Crippen LogP contribution in [0.1, 0.15) is 23.7 Å². The van der Waals surface area contributed by atoms with Crippen molar-refractivity contribution in [2.75, 3.05) is 37.7 Å². The molecule has 2 fully saturated rings. The number of amides is 2. The molecule has 1 atom stereocenters. The third-order valence-corrected chi connectivity index (χ3v) is 6.18. The van der Waals surface area contributed by atoms with Crippen molar-refractivity contribution >= 4 is 28.5 Å². The van der Waals surface area contributed by atoms with Crippen LogP contribution in [0.2, 0.25) is 0 Å². The normalized spacial score (nSPS) is 19.4. The quantitative estimate of drug-likeness (QED) is 0.653. The van der Waals surface area contributed by atoms with Gasteiger partial charge in [-0.3, -0.25) is 9.59 Å². The lowest BCUT2D eigenvalue weighted by Crippen LogP contribution is -2.42. The maximum atomic E-state index is 13.0. The topological polar surface area (TPSA) is 67.7 Å². The second kappa shape index (κ2) is 8.15. The van der Waals surface area contributed by atoms with Gasteiger partial charge in [0, 0.05) is 37.7 Å². The highest BCUT2D eigenvalue weighted by molar-refractivity contribution is 5.96. The Kier molecular flexibility index (Phi) is 5.19. The summed E-state index contributed by atoms with van der Waals surface area (Å²) in [6.45, 7) is 5.21. The van der Waals surface area contributed by atoms with Crippen LogP contribution in [0.3, 0.4) is 0 Å². The van der Waals surface area contributed by atoms with Gasteiger partial charge in [0.1, 0.15) is 12.4 Å². The SMILES string of the molecule is Cc1ccc(N2C[C@@H](c3nc4ccccc4n3CC(=O)N3CCOCC3)CC2=O)cc1. The lowest BCUT2D eigenvalue weighted by Gasteiger charge is -2.27. The number of benzene rings is 2. The first-order valence-corrected chi connectivity index (χ1v) is 10.8. The minimum absolute atomic E-state index is 0.0568. The number of rotatable bonds is 4. The van der Waals surface area contributed by atoms with Gasteiger partial charge in [-0.2, -0.15) is 0 Å². The van der Waals surface area contributed by atoms with Gasteiger partial charge in [-0.1, -0.05) is 29.8 Å². The zero-order valence-corrected chi connectivity index (χ0v) is 17.7. The number of fused-ring (bicyclic) bond motifs is 1. The number of hydrogen-bond donors (Lipinski definition) is 0. The van der Waals surface area contributed by atoms with Crippen LogP contribution in [0.25, 0.3) is 11.0 Å². The smallest absolute Gasteiger partial charge is 0.242 e. The Morgan fingerprint density at radius 2 is 1.84 bits per heavy atom. The van der Waals surface area contributed by atoms with E-state index in [0.717, 1.165) is 28.1 Å². The minimum atomic E-state index is -0.0568. The fourth-order valence-corrected chi connectivity index (χ4v) is 4.47. The van der Waals surface area contributed by atoms with Gasteiger partial charge >= 0.3 is 0 Å². The lowest BCUT2D eigenvalue weighted by atomic mass is 10.1. The lowest BCUT2D eigenvalue weighted by molar-refractivity contribution is -0.135. The second-order valence-electron chi connectivity index (χ2n) is 8.28. The van der Waals surface area contributed by atoms with E-state index in [1.165, 1.54) is 0 Å². The van der Waals surface area contributed by atoms with Crippen LogP contribution in [0.15, 0.2) is 48.5 Å². The van der Waals surface area contributed by atoms with E-state index in [1.807, 2.05) is 69.8 Å². The van der Waals surface area contributed by atoms with E-state index in [1.54, 1.807) is 0 Å². The maximum absolute atomic E-state index is 13.0. The zero-order valence-electron chi connectivity index (χ0n) is 17.7. The van der Waals surface area contributed by atoms with Crippen LogP contribution in [-0.4, -0.2) is 59.1 Å². The summed E-state index contributed by atoms with van der Waals surface area (Å²) in [4.78, 5) is 34.4. The Morgan fingerprint density at radius 1 is 1.10 bits per heavy atom. The van der Waals surface area contributed by atoms with Gasteiger partial charge in [-0.05, 0) is 31.2 Å². The third-order valence-electron chi connectivity index (χ3n) is 6.18. The predicted octanol–water partition coefficient (Wildman–Crippen LogP) is 2.72. The number of ether oxygens (including phenoxy) is 1. The number of nitrogens with zero attached hydrogens (tertiary/aromatic N) is 4. The molecule has 2 aliphatic rings. The summed E-state index contributed by atoms with van der Waals surface area (Å²) in [5.41, 5.74) is 3.86. The van der Waals surface area contributed by atoms with E-state index in [4.69, 9.17) is 9.72 Å². The summed E-state index contributed by atoms with van der Waals surface area (Å²) in [5.74, 6) is 0.906. The van der Waals surface area contributed by atoms with Gasteiger partial charge < -0.3 is 19.1 Å². The summed E-state index contributed by atoms with van der Waals surface area (Å²) < 4.78 is 7.38. The molecule has 31 heavy (non-hydrogen) atoms. The molecule has 0 spiro atoms. The van der Waals surface area contributed by atoms with Crippen molar-refractivity contribution in [1.29, 1.82) is 0 Å². The van der Waals surface area contributed by atoms with Crippen LogP contribution < -0.4 is 4.90 Å². The molecule has 0 radical (unpaired) electrons. The number of aryl methyl sites for hydroxylation is 1. The molecular formula is C24H26N4O3. The van der Waals surface area contributed by atoms with E-state index in [9.17, 15) is 9.59 Å². The molecule has 160 valence electrons. The highest BCUT2D eigenvalue weighted by atomic mass is 16.5. The highest BCUT2D eigenvalue weighted by Crippen LogP contribution is 2.33. The van der Waals surface area contributed by atoms with Gasteiger partial charge in [-0.15, -0.1) is 0 Å². The summed E-state index contributed by atoms with van der Waals surface area (Å²) >= 11 is 0. The first-order chi connectivity index (χ1) is 15.1. The van der Waals surface area contributed by atoms with Gasteiger partial charge in [0.2, 0.25) is 11.8 Å². The van der Waals surface area contributed by atoms with Crippen molar-refractivity contribution in [2.24, 2.45) is 0 Å². The number of carbonyl (C=O) groups is 2. The molecule has 0 bridgehead atoms. The summed E-state index contributed by atoms with van der Waals surface area (Å²) in [7, 11) is 0. The molecule has 3 heterocycles. The standard InChI is InChI=1S/C24H26N4O3/c1-17-6-8-19(9-7-17)27-15-18(14-22(27)29)24-25-20-4-2-3-5-21(20)28(24)16-23(30)26-10-12-31-13-11-26/h2-9,18H,10-16H2,1H3/t18-/m0/s1. The van der Waals surface area contributed by atoms with Crippen LogP contribution in [0, 0.1) is 6.92 Å². The number of imidazole rings is 1. The van der Waals surface area contributed by atoms with Gasteiger partial charge in [0.05, 0.1) is 24.2 Å². The van der Waals surface area contributed by atoms with E-state index in [2.05, 4.69) is 0 Å².